The van der Waals surface area contributed by atoms with Gasteiger partial charge in [0.05, 0.1) is 0 Å². The van der Waals surface area contributed by atoms with Crippen LogP contribution in [0.4, 0.5) is 9.59 Å². The van der Waals surface area contributed by atoms with Gasteiger partial charge in [-0.25, -0.2) is 19.9 Å². The van der Waals surface area contributed by atoms with E-state index in [0.29, 0.717) is 6.42 Å². The van der Waals surface area contributed by atoms with Crippen molar-refractivity contribution in [1.29, 1.82) is 0 Å². The maximum atomic E-state index is 12.2. The van der Waals surface area contributed by atoms with Gasteiger partial charge in [0.25, 0.3) is 0 Å². The van der Waals surface area contributed by atoms with Crippen molar-refractivity contribution in [1.82, 2.24) is 16.1 Å². The Kier molecular flexibility index (Phi) is 8.52. The van der Waals surface area contributed by atoms with Gasteiger partial charge in [-0.1, -0.05) is 0 Å². The second-order valence-electron chi connectivity index (χ2n) is 7.24. The predicted molar refractivity (Wildman–Crippen MR) is 86.6 cm³/mol. The fraction of sp³-hybridized carbons (Fsp3) is 0.800. The van der Waals surface area contributed by atoms with Gasteiger partial charge in [0.15, 0.2) is 0 Å². The predicted octanol–water partition coefficient (Wildman–Crippen LogP) is 1.69. The summed E-state index contributed by atoms with van der Waals surface area (Å²) < 4.78 is 10.4. The van der Waals surface area contributed by atoms with Crippen molar-refractivity contribution in [2.45, 2.75) is 71.6 Å². The normalized spacial score (nSPS) is 12.8. The molecule has 0 unspecified atom stereocenters. The van der Waals surface area contributed by atoms with Gasteiger partial charge >= 0.3 is 18.1 Å². The molecule has 4 N–H and O–H groups in total. The van der Waals surface area contributed by atoms with Gasteiger partial charge in [0.1, 0.15) is 17.2 Å². The number of amides is 3. The first-order valence-electron chi connectivity index (χ1n) is 7.74. The van der Waals surface area contributed by atoms with Crippen LogP contribution in [0.2, 0.25) is 0 Å². The largest absolute Gasteiger partial charge is 0.458 e. The molecule has 0 aliphatic carbocycles. The summed E-state index contributed by atoms with van der Waals surface area (Å²) in [6, 6.07) is -1.65. The highest BCUT2D eigenvalue weighted by Crippen LogP contribution is 2.12. The molecule has 3 amide bonds. The fourth-order valence-corrected chi connectivity index (χ4v) is 1.62. The molecule has 0 bridgehead atoms. The van der Waals surface area contributed by atoms with E-state index >= 15 is 0 Å². The van der Waals surface area contributed by atoms with E-state index in [-0.39, 0.29) is 13.0 Å². The van der Waals surface area contributed by atoms with Crippen LogP contribution in [0.5, 0.6) is 0 Å². The lowest BCUT2D eigenvalue weighted by atomic mass is 10.1. The summed E-state index contributed by atoms with van der Waals surface area (Å²) in [7, 11) is 0. The second kappa shape index (κ2) is 9.31. The van der Waals surface area contributed by atoms with Crippen molar-refractivity contribution in [2.24, 2.45) is 0 Å². The van der Waals surface area contributed by atoms with E-state index in [1.807, 2.05) is 0 Å². The first kappa shape index (κ1) is 22.0. The Labute approximate surface area is 142 Å². The zero-order valence-electron chi connectivity index (χ0n) is 15.2. The smallest absolute Gasteiger partial charge is 0.408 e. The number of hydroxylamine groups is 1. The molecule has 0 aliphatic rings. The molecule has 0 fully saturated rings. The van der Waals surface area contributed by atoms with Crippen molar-refractivity contribution in [3.8, 4) is 0 Å². The average molecular weight is 347 g/mol. The third-order valence-electron chi connectivity index (χ3n) is 2.44. The van der Waals surface area contributed by atoms with Crippen LogP contribution < -0.4 is 16.1 Å². The van der Waals surface area contributed by atoms with E-state index in [4.69, 9.17) is 14.7 Å². The zero-order valence-corrected chi connectivity index (χ0v) is 15.2. The molecule has 24 heavy (non-hydrogen) atoms. The Morgan fingerprint density at radius 1 is 1.00 bits per heavy atom. The number of ether oxygens (including phenoxy) is 2. The van der Waals surface area contributed by atoms with E-state index in [9.17, 15) is 14.4 Å². The quantitative estimate of drug-likeness (QED) is 0.251. The van der Waals surface area contributed by atoms with Crippen LogP contribution in [0, 0.1) is 0 Å². The molecule has 0 saturated carbocycles. The monoisotopic (exact) mass is 347 g/mol. The van der Waals surface area contributed by atoms with Crippen molar-refractivity contribution in [3.63, 3.8) is 0 Å². The molecular weight excluding hydrogens is 318 g/mol. The van der Waals surface area contributed by atoms with Gasteiger partial charge in [-0.3, -0.25) is 5.21 Å². The molecule has 0 radical (unpaired) electrons. The highest BCUT2D eigenvalue weighted by molar-refractivity contribution is 5.81. The lowest BCUT2D eigenvalue weighted by Gasteiger charge is -2.26. The third-order valence-corrected chi connectivity index (χ3v) is 2.44. The molecule has 1 atom stereocenters. The molecule has 9 heteroatoms. The van der Waals surface area contributed by atoms with Crippen molar-refractivity contribution >= 4 is 18.1 Å². The van der Waals surface area contributed by atoms with Crippen LogP contribution in [0.1, 0.15) is 54.4 Å². The number of nitrogens with one attached hydrogen (secondary N) is 3. The highest BCUT2D eigenvalue weighted by Gasteiger charge is 2.28. The van der Waals surface area contributed by atoms with Gasteiger partial charge in [-0.05, 0) is 54.4 Å². The van der Waals surface area contributed by atoms with Crippen molar-refractivity contribution in [3.05, 3.63) is 0 Å². The molecule has 0 aromatic rings. The van der Waals surface area contributed by atoms with E-state index in [1.165, 1.54) is 5.48 Å². The number of carbonyl (C=O) groups excluding carboxylic acids is 3. The molecule has 140 valence electrons. The minimum absolute atomic E-state index is 0.210. The number of urea groups is 1. The SMILES string of the molecule is CC(C)(C)OC(=O)N[C@@H](CCCNC(=O)NO)C(=O)OC(C)(C)C. The molecule has 0 aliphatic heterocycles. The maximum absolute atomic E-state index is 12.2. The van der Waals surface area contributed by atoms with Crippen LogP contribution in [0.25, 0.3) is 0 Å². The Balaban J connectivity index is 4.68. The molecule has 0 spiro atoms. The van der Waals surface area contributed by atoms with Gasteiger partial charge in [0, 0.05) is 6.54 Å². The molecule has 0 aromatic carbocycles. The molecule has 0 rings (SSSR count). The number of hydrogen-bond acceptors (Lipinski definition) is 6. The van der Waals surface area contributed by atoms with Crippen LogP contribution in [-0.2, 0) is 14.3 Å². The first-order valence-corrected chi connectivity index (χ1v) is 7.74. The summed E-state index contributed by atoms with van der Waals surface area (Å²) >= 11 is 0. The summed E-state index contributed by atoms with van der Waals surface area (Å²) in [5.41, 5.74) is 0.0479. The zero-order chi connectivity index (χ0) is 19.0. The van der Waals surface area contributed by atoms with Crippen molar-refractivity contribution in [2.75, 3.05) is 6.54 Å². The minimum Gasteiger partial charge on any atom is -0.458 e. The number of rotatable bonds is 6. The van der Waals surface area contributed by atoms with Crippen LogP contribution in [-0.4, -0.2) is 47.1 Å². The number of esters is 1. The van der Waals surface area contributed by atoms with Crippen LogP contribution >= 0.6 is 0 Å². The molecule has 0 aromatic heterocycles. The van der Waals surface area contributed by atoms with Gasteiger partial charge in [-0.15, -0.1) is 0 Å². The van der Waals surface area contributed by atoms with Crippen molar-refractivity contribution < 1.29 is 29.1 Å². The first-order chi connectivity index (χ1) is 10.8. The Bertz CT molecular complexity index is 439. The summed E-state index contributed by atoms with van der Waals surface area (Å²) in [4.78, 5) is 34.9. The molecule has 9 nitrogen and oxygen atoms in total. The van der Waals surface area contributed by atoms with E-state index < -0.39 is 35.3 Å². The number of alkyl carbamates (subject to hydrolysis) is 1. The van der Waals surface area contributed by atoms with Gasteiger partial charge in [0.2, 0.25) is 0 Å². The number of hydrogen-bond donors (Lipinski definition) is 4. The Morgan fingerprint density at radius 2 is 1.54 bits per heavy atom. The standard InChI is InChI=1S/C15H29N3O6/c1-14(2,3)23-11(19)10(8-7-9-16-12(20)18-22)17-13(21)24-15(4,5)6/h10,22H,7-9H2,1-6H3,(H,17,21)(H2,16,18,20)/t10-/m0/s1. The van der Waals surface area contributed by atoms with E-state index in [2.05, 4.69) is 10.6 Å². The number of carbonyl (C=O) groups is 3. The summed E-state index contributed by atoms with van der Waals surface area (Å²) in [5, 5.41) is 13.2. The summed E-state index contributed by atoms with van der Waals surface area (Å²) in [6.45, 7) is 10.5. The van der Waals surface area contributed by atoms with Crippen LogP contribution in [0.3, 0.4) is 0 Å². The average Bonchev–Trinajstić information content (AvgIpc) is 2.37. The second-order valence-corrected chi connectivity index (χ2v) is 7.24. The molecule has 0 heterocycles. The topological polar surface area (TPSA) is 126 Å². The molecule has 0 saturated heterocycles. The fourth-order valence-electron chi connectivity index (χ4n) is 1.62. The summed E-state index contributed by atoms with van der Waals surface area (Å²) in [6.07, 6.45) is -0.105. The van der Waals surface area contributed by atoms with Gasteiger partial charge < -0.3 is 20.1 Å². The van der Waals surface area contributed by atoms with Gasteiger partial charge in [-0.2, -0.15) is 0 Å². The minimum atomic E-state index is -0.905. The maximum Gasteiger partial charge on any atom is 0.408 e. The highest BCUT2D eigenvalue weighted by atomic mass is 16.6. The van der Waals surface area contributed by atoms with E-state index in [1.54, 1.807) is 41.5 Å². The lowest BCUT2D eigenvalue weighted by Crippen LogP contribution is -2.46. The third kappa shape index (κ3) is 11.5. The Morgan fingerprint density at radius 3 is 2.00 bits per heavy atom. The summed E-state index contributed by atoms with van der Waals surface area (Å²) in [5.74, 6) is -0.583. The van der Waals surface area contributed by atoms with E-state index in [0.717, 1.165) is 0 Å². The lowest BCUT2D eigenvalue weighted by molar-refractivity contribution is -0.157. The Hall–Kier alpha value is -2.03. The molecular formula is C15H29N3O6. The van der Waals surface area contributed by atoms with Crippen LogP contribution in [0.15, 0.2) is 0 Å².